The van der Waals surface area contributed by atoms with Crippen LogP contribution in [0.1, 0.15) is 31.4 Å². The van der Waals surface area contributed by atoms with Gasteiger partial charge >= 0.3 is 0 Å². The lowest BCUT2D eigenvalue weighted by Gasteiger charge is -2.14. The Balaban J connectivity index is 2.30. The predicted octanol–water partition coefficient (Wildman–Crippen LogP) is 2.52. The first-order valence-corrected chi connectivity index (χ1v) is 5.96. The smallest absolute Gasteiger partial charge is 0.139 e. The number of halogens is 1. The molecule has 94 valence electrons. The van der Waals surface area contributed by atoms with Crippen LogP contribution in [0.5, 0.6) is 0 Å². The molecule has 17 heavy (non-hydrogen) atoms. The van der Waals surface area contributed by atoms with Crippen molar-refractivity contribution in [2.24, 2.45) is 10.9 Å². The summed E-state index contributed by atoms with van der Waals surface area (Å²) in [7, 11) is 0. The predicted molar refractivity (Wildman–Crippen MR) is 70.5 cm³/mol. The van der Waals surface area contributed by atoms with Gasteiger partial charge in [-0.15, -0.1) is 0 Å². The Labute approximate surface area is 106 Å². The maximum Gasteiger partial charge on any atom is 0.139 e. The largest absolute Gasteiger partial charge is 0.409 e. The van der Waals surface area contributed by atoms with E-state index in [1.165, 1.54) is 5.56 Å². The van der Waals surface area contributed by atoms with Crippen LogP contribution in [0.25, 0.3) is 0 Å². The Bertz CT molecular complexity index is 365. The highest BCUT2D eigenvalue weighted by Crippen LogP contribution is 2.15. The third kappa shape index (κ3) is 5.06. The molecule has 0 saturated heterocycles. The first kappa shape index (κ1) is 13.8. The number of nitrogens with zero attached hydrogens (tertiary/aromatic N) is 1. The van der Waals surface area contributed by atoms with Crippen molar-refractivity contribution in [1.29, 1.82) is 0 Å². The summed E-state index contributed by atoms with van der Waals surface area (Å²) in [5.41, 5.74) is 6.57. The number of hydrogen-bond acceptors (Lipinski definition) is 3. The van der Waals surface area contributed by atoms with Crippen molar-refractivity contribution in [2.75, 3.05) is 6.54 Å². The molecular formula is C12H18ClN3O. The average molecular weight is 256 g/mol. The second-order valence-electron chi connectivity index (χ2n) is 3.92. The number of oxime groups is 1. The first-order chi connectivity index (χ1) is 8.13. The van der Waals surface area contributed by atoms with E-state index in [9.17, 15) is 0 Å². The maximum absolute atomic E-state index is 8.38. The quantitative estimate of drug-likeness (QED) is 0.241. The fraction of sp³-hybridized carbons (Fsp3) is 0.417. The van der Waals surface area contributed by atoms with Gasteiger partial charge in [-0.05, 0) is 37.6 Å². The zero-order chi connectivity index (χ0) is 12.7. The lowest BCUT2D eigenvalue weighted by atomic mass is 10.1. The van der Waals surface area contributed by atoms with E-state index in [1.807, 2.05) is 24.3 Å². The molecule has 0 aliphatic heterocycles. The standard InChI is InChI=1S/C12H18ClN3O/c1-9(10-4-6-11(13)7-5-10)15-8-2-3-12(14)16-17/h4-7,9,15,17H,2-3,8H2,1H3,(H2,14,16)/t9-/m1/s1. The Kier molecular flexibility index (Phi) is 5.80. The van der Waals surface area contributed by atoms with Gasteiger partial charge in [0.15, 0.2) is 0 Å². The molecule has 0 heterocycles. The maximum atomic E-state index is 8.38. The van der Waals surface area contributed by atoms with E-state index in [0.717, 1.165) is 18.0 Å². The molecule has 0 bridgehead atoms. The van der Waals surface area contributed by atoms with Crippen LogP contribution in [0.15, 0.2) is 29.4 Å². The number of nitrogens with one attached hydrogen (secondary N) is 1. The molecule has 0 radical (unpaired) electrons. The van der Waals surface area contributed by atoms with Crippen molar-refractivity contribution >= 4 is 17.4 Å². The highest BCUT2D eigenvalue weighted by molar-refractivity contribution is 6.30. The molecule has 5 heteroatoms. The number of benzene rings is 1. The molecule has 0 unspecified atom stereocenters. The van der Waals surface area contributed by atoms with Gasteiger partial charge in [-0.25, -0.2) is 0 Å². The van der Waals surface area contributed by atoms with E-state index in [-0.39, 0.29) is 11.9 Å². The molecule has 0 amide bonds. The molecule has 0 saturated carbocycles. The minimum Gasteiger partial charge on any atom is -0.409 e. The molecule has 4 N–H and O–H groups in total. The molecule has 0 aliphatic carbocycles. The Hall–Kier alpha value is -1.26. The van der Waals surface area contributed by atoms with E-state index >= 15 is 0 Å². The van der Waals surface area contributed by atoms with Gasteiger partial charge in [-0.3, -0.25) is 0 Å². The van der Waals surface area contributed by atoms with Crippen LogP contribution in [-0.4, -0.2) is 17.6 Å². The van der Waals surface area contributed by atoms with E-state index in [2.05, 4.69) is 17.4 Å². The summed E-state index contributed by atoms with van der Waals surface area (Å²) in [6.07, 6.45) is 1.44. The van der Waals surface area contributed by atoms with Gasteiger partial charge in [-0.2, -0.15) is 0 Å². The molecule has 1 rings (SSSR count). The number of amidine groups is 1. The highest BCUT2D eigenvalue weighted by atomic mass is 35.5. The normalized spacial score (nSPS) is 13.6. The molecule has 4 nitrogen and oxygen atoms in total. The monoisotopic (exact) mass is 255 g/mol. The fourth-order valence-corrected chi connectivity index (χ4v) is 1.63. The number of hydrogen-bond donors (Lipinski definition) is 3. The van der Waals surface area contributed by atoms with Crippen LogP contribution in [0, 0.1) is 0 Å². The topological polar surface area (TPSA) is 70.6 Å². The van der Waals surface area contributed by atoms with Crippen molar-refractivity contribution in [3.8, 4) is 0 Å². The minimum atomic E-state index is 0.263. The summed E-state index contributed by atoms with van der Waals surface area (Å²) in [6, 6.07) is 8.03. The lowest BCUT2D eigenvalue weighted by Crippen LogP contribution is -2.21. The second-order valence-corrected chi connectivity index (χ2v) is 4.36. The number of nitrogens with two attached hydrogens (primary N) is 1. The van der Waals surface area contributed by atoms with Gasteiger partial charge in [0.05, 0.1) is 0 Å². The van der Waals surface area contributed by atoms with Crippen LogP contribution < -0.4 is 11.1 Å². The van der Waals surface area contributed by atoms with Crippen molar-refractivity contribution in [1.82, 2.24) is 5.32 Å². The van der Waals surface area contributed by atoms with Gasteiger partial charge in [-0.1, -0.05) is 28.9 Å². The van der Waals surface area contributed by atoms with E-state index < -0.39 is 0 Å². The third-order valence-electron chi connectivity index (χ3n) is 2.56. The van der Waals surface area contributed by atoms with Crippen LogP contribution in [0.4, 0.5) is 0 Å². The number of rotatable bonds is 6. The van der Waals surface area contributed by atoms with Gasteiger partial charge in [0.2, 0.25) is 0 Å². The molecule has 0 aromatic heterocycles. The Morgan fingerprint density at radius 1 is 1.47 bits per heavy atom. The van der Waals surface area contributed by atoms with Gasteiger partial charge in [0.1, 0.15) is 5.84 Å². The molecule has 1 atom stereocenters. The third-order valence-corrected chi connectivity index (χ3v) is 2.81. The van der Waals surface area contributed by atoms with Crippen molar-refractivity contribution < 1.29 is 5.21 Å². The van der Waals surface area contributed by atoms with Crippen molar-refractivity contribution in [3.05, 3.63) is 34.9 Å². The van der Waals surface area contributed by atoms with Crippen LogP contribution in [0.3, 0.4) is 0 Å². The van der Waals surface area contributed by atoms with Crippen molar-refractivity contribution in [2.45, 2.75) is 25.8 Å². The lowest BCUT2D eigenvalue weighted by molar-refractivity contribution is 0.316. The van der Waals surface area contributed by atoms with Crippen molar-refractivity contribution in [3.63, 3.8) is 0 Å². The summed E-state index contributed by atoms with van der Waals surface area (Å²) < 4.78 is 0. The molecule has 0 fully saturated rings. The van der Waals surface area contributed by atoms with E-state index in [0.29, 0.717) is 6.42 Å². The molecule has 1 aromatic rings. The average Bonchev–Trinajstić information content (AvgIpc) is 2.34. The van der Waals surface area contributed by atoms with Gasteiger partial charge in [0.25, 0.3) is 0 Å². The summed E-state index contributed by atoms with van der Waals surface area (Å²) in [6.45, 7) is 2.91. The van der Waals surface area contributed by atoms with Crippen LogP contribution in [0.2, 0.25) is 5.02 Å². The van der Waals surface area contributed by atoms with E-state index in [4.69, 9.17) is 22.5 Å². The zero-order valence-electron chi connectivity index (χ0n) is 9.86. The zero-order valence-corrected chi connectivity index (χ0v) is 10.6. The summed E-state index contributed by atoms with van der Waals surface area (Å²) in [4.78, 5) is 0. The molecule has 1 aromatic carbocycles. The minimum absolute atomic E-state index is 0.263. The summed E-state index contributed by atoms with van der Waals surface area (Å²) in [5, 5.41) is 15.4. The molecule has 0 aliphatic rings. The van der Waals surface area contributed by atoms with Gasteiger partial charge in [0, 0.05) is 17.5 Å². The Morgan fingerprint density at radius 2 is 2.12 bits per heavy atom. The first-order valence-electron chi connectivity index (χ1n) is 5.58. The fourth-order valence-electron chi connectivity index (χ4n) is 1.51. The highest BCUT2D eigenvalue weighted by Gasteiger charge is 2.04. The van der Waals surface area contributed by atoms with Crippen LogP contribution in [-0.2, 0) is 0 Å². The Morgan fingerprint density at radius 3 is 2.71 bits per heavy atom. The van der Waals surface area contributed by atoms with Gasteiger partial charge < -0.3 is 16.3 Å². The van der Waals surface area contributed by atoms with E-state index in [1.54, 1.807) is 0 Å². The summed E-state index contributed by atoms with van der Waals surface area (Å²) in [5.74, 6) is 0.269. The van der Waals surface area contributed by atoms with Crippen LogP contribution >= 0.6 is 11.6 Å². The summed E-state index contributed by atoms with van der Waals surface area (Å²) >= 11 is 5.82. The molecule has 0 spiro atoms. The molecular weight excluding hydrogens is 238 g/mol. The second kappa shape index (κ2) is 7.14. The SMILES string of the molecule is C[C@@H](NCCC/C(N)=N/O)c1ccc(Cl)cc1.